The fourth-order valence-electron chi connectivity index (χ4n) is 2.20. The molecule has 0 amide bonds. The topological polar surface area (TPSA) is 66.0 Å². The number of aliphatic carboxylic acids is 1. The van der Waals surface area contributed by atoms with E-state index in [0.29, 0.717) is 5.56 Å². The van der Waals surface area contributed by atoms with Gasteiger partial charge in [-0.3, -0.25) is 9.89 Å². The Balaban J connectivity index is 2.52. The third kappa shape index (κ3) is 2.90. The standard InChI is InChI=1S/C16H20N2O2/c1-10-5-6-12(16(2,3)4)8-13(10)15-11(7-14(19)20)9-17-18-15/h5-6,8-9H,7H2,1-4H3,(H,17,18)(H,19,20). The largest absolute Gasteiger partial charge is 0.481 e. The Hall–Kier alpha value is -2.10. The summed E-state index contributed by atoms with van der Waals surface area (Å²) in [5.41, 5.74) is 4.91. The average Bonchev–Trinajstić information content (AvgIpc) is 2.75. The van der Waals surface area contributed by atoms with Crippen LogP contribution in [0.3, 0.4) is 0 Å². The molecule has 0 saturated carbocycles. The van der Waals surface area contributed by atoms with Crippen LogP contribution in [0.15, 0.2) is 24.4 Å². The Bertz CT molecular complexity index is 636. The molecule has 1 aromatic heterocycles. The van der Waals surface area contributed by atoms with Gasteiger partial charge in [0.2, 0.25) is 0 Å². The zero-order valence-corrected chi connectivity index (χ0v) is 12.3. The minimum atomic E-state index is -0.850. The number of aryl methyl sites for hydroxylation is 1. The Morgan fingerprint density at radius 2 is 2.05 bits per heavy atom. The number of aromatic amines is 1. The van der Waals surface area contributed by atoms with Gasteiger partial charge in [-0.05, 0) is 29.5 Å². The Labute approximate surface area is 118 Å². The van der Waals surface area contributed by atoms with E-state index in [-0.39, 0.29) is 11.8 Å². The van der Waals surface area contributed by atoms with Crippen LogP contribution in [0.5, 0.6) is 0 Å². The molecule has 20 heavy (non-hydrogen) atoms. The lowest BCUT2D eigenvalue weighted by atomic mass is 9.84. The van der Waals surface area contributed by atoms with Crippen LogP contribution in [0.1, 0.15) is 37.5 Å². The molecule has 0 bridgehead atoms. The van der Waals surface area contributed by atoms with Gasteiger partial charge >= 0.3 is 5.97 Å². The molecular weight excluding hydrogens is 252 g/mol. The van der Waals surface area contributed by atoms with Gasteiger partial charge in [0.1, 0.15) is 0 Å². The summed E-state index contributed by atoms with van der Waals surface area (Å²) in [7, 11) is 0. The highest BCUT2D eigenvalue weighted by molar-refractivity contribution is 5.76. The Morgan fingerprint density at radius 3 is 2.65 bits per heavy atom. The minimum Gasteiger partial charge on any atom is -0.481 e. The second kappa shape index (κ2) is 5.12. The van der Waals surface area contributed by atoms with Crippen molar-refractivity contribution < 1.29 is 9.90 Å². The Morgan fingerprint density at radius 1 is 1.35 bits per heavy atom. The third-order valence-electron chi connectivity index (χ3n) is 3.43. The molecule has 1 heterocycles. The van der Waals surface area contributed by atoms with E-state index in [1.807, 2.05) is 6.92 Å². The van der Waals surface area contributed by atoms with Crippen molar-refractivity contribution in [1.82, 2.24) is 10.2 Å². The SMILES string of the molecule is Cc1ccc(C(C)(C)C)cc1-c1[nH]ncc1CC(=O)O. The fraction of sp³-hybridized carbons (Fsp3) is 0.375. The fourth-order valence-corrected chi connectivity index (χ4v) is 2.20. The maximum absolute atomic E-state index is 10.9. The van der Waals surface area contributed by atoms with Crippen molar-refractivity contribution in [2.45, 2.75) is 39.5 Å². The monoisotopic (exact) mass is 272 g/mol. The van der Waals surface area contributed by atoms with Crippen LogP contribution in [-0.4, -0.2) is 21.3 Å². The van der Waals surface area contributed by atoms with Crippen molar-refractivity contribution in [2.24, 2.45) is 0 Å². The number of aromatic nitrogens is 2. The first-order valence-electron chi connectivity index (χ1n) is 6.64. The summed E-state index contributed by atoms with van der Waals surface area (Å²) < 4.78 is 0. The van der Waals surface area contributed by atoms with Gasteiger partial charge in [0, 0.05) is 11.1 Å². The summed E-state index contributed by atoms with van der Waals surface area (Å²) in [6.07, 6.45) is 1.57. The van der Waals surface area contributed by atoms with Gasteiger partial charge < -0.3 is 5.11 Å². The van der Waals surface area contributed by atoms with Gasteiger partial charge in [-0.15, -0.1) is 0 Å². The molecule has 0 radical (unpaired) electrons. The van der Waals surface area contributed by atoms with Gasteiger partial charge in [-0.1, -0.05) is 32.9 Å². The molecule has 0 aliphatic rings. The highest BCUT2D eigenvalue weighted by atomic mass is 16.4. The normalized spacial score (nSPS) is 11.6. The maximum Gasteiger partial charge on any atom is 0.307 e. The zero-order valence-electron chi connectivity index (χ0n) is 12.3. The van der Waals surface area contributed by atoms with E-state index in [4.69, 9.17) is 5.11 Å². The molecule has 0 fully saturated rings. The predicted octanol–water partition coefficient (Wildman–Crippen LogP) is 3.31. The van der Waals surface area contributed by atoms with Crippen molar-refractivity contribution in [3.63, 3.8) is 0 Å². The molecule has 2 N–H and O–H groups in total. The van der Waals surface area contributed by atoms with Crippen LogP contribution in [0, 0.1) is 6.92 Å². The molecule has 0 atom stereocenters. The van der Waals surface area contributed by atoms with Crippen molar-refractivity contribution >= 4 is 5.97 Å². The molecule has 0 saturated heterocycles. The van der Waals surface area contributed by atoms with Gasteiger partial charge in [0.25, 0.3) is 0 Å². The number of nitrogens with zero attached hydrogens (tertiary/aromatic N) is 1. The van der Waals surface area contributed by atoms with Gasteiger partial charge in [-0.25, -0.2) is 0 Å². The number of benzene rings is 1. The molecular formula is C16H20N2O2. The number of hydrogen-bond donors (Lipinski definition) is 2. The quantitative estimate of drug-likeness (QED) is 0.900. The highest BCUT2D eigenvalue weighted by Crippen LogP contribution is 2.31. The van der Waals surface area contributed by atoms with E-state index >= 15 is 0 Å². The lowest BCUT2D eigenvalue weighted by molar-refractivity contribution is -0.136. The smallest absolute Gasteiger partial charge is 0.307 e. The second-order valence-corrected chi connectivity index (χ2v) is 6.12. The molecule has 4 heteroatoms. The maximum atomic E-state index is 10.9. The molecule has 0 aliphatic carbocycles. The zero-order chi connectivity index (χ0) is 14.9. The van der Waals surface area contributed by atoms with E-state index in [0.717, 1.165) is 16.8 Å². The molecule has 0 unspecified atom stereocenters. The van der Waals surface area contributed by atoms with E-state index in [2.05, 4.69) is 49.2 Å². The second-order valence-electron chi connectivity index (χ2n) is 6.12. The summed E-state index contributed by atoms with van der Waals surface area (Å²) in [4.78, 5) is 10.9. The summed E-state index contributed by atoms with van der Waals surface area (Å²) >= 11 is 0. The van der Waals surface area contributed by atoms with E-state index in [9.17, 15) is 4.79 Å². The van der Waals surface area contributed by atoms with Crippen molar-refractivity contribution in [3.8, 4) is 11.3 Å². The summed E-state index contributed by atoms with van der Waals surface area (Å²) in [6, 6.07) is 6.31. The van der Waals surface area contributed by atoms with Crippen molar-refractivity contribution in [2.75, 3.05) is 0 Å². The lowest BCUT2D eigenvalue weighted by Crippen LogP contribution is -2.11. The molecule has 1 aromatic carbocycles. The van der Waals surface area contributed by atoms with E-state index < -0.39 is 5.97 Å². The first kappa shape index (κ1) is 14.3. The van der Waals surface area contributed by atoms with Gasteiger partial charge in [-0.2, -0.15) is 5.10 Å². The van der Waals surface area contributed by atoms with Crippen LogP contribution in [0.25, 0.3) is 11.3 Å². The van der Waals surface area contributed by atoms with Crippen LogP contribution in [0.2, 0.25) is 0 Å². The number of nitrogens with one attached hydrogen (secondary N) is 1. The van der Waals surface area contributed by atoms with E-state index in [1.54, 1.807) is 6.20 Å². The van der Waals surface area contributed by atoms with Gasteiger partial charge in [0.05, 0.1) is 18.3 Å². The van der Waals surface area contributed by atoms with Crippen LogP contribution in [0.4, 0.5) is 0 Å². The first-order chi connectivity index (χ1) is 9.29. The Kier molecular flexibility index (Phi) is 3.66. The number of rotatable bonds is 3. The molecule has 2 rings (SSSR count). The summed E-state index contributed by atoms with van der Waals surface area (Å²) in [5, 5.41) is 15.9. The van der Waals surface area contributed by atoms with Crippen molar-refractivity contribution in [3.05, 3.63) is 41.1 Å². The number of carbonyl (C=O) groups is 1. The number of H-pyrrole nitrogens is 1. The van der Waals surface area contributed by atoms with Crippen molar-refractivity contribution in [1.29, 1.82) is 0 Å². The predicted molar refractivity (Wildman–Crippen MR) is 78.8 cm³/mol. The minimum absolute atomic E-state index is 0.0228. The summed E-state index contributed by atoms with van der Waals surface area (Å²) in [5.74, 6) is -0.850. The lowest BCUT2D eigenvalue weighted by Gasteiger charge is -2.20. The van der Waals surface area contributed by atoms with Gasteiger partial charge in [0.15, 0.2) is 0 Å². The first-order valence-corrected chi connectivity index (χ1v) is 6.64. The molecule has 2 aromatic rings. The van der Waals surface area contributed by atoms with Crippen LogP contribution in [-0.2, 0) is 16.6 Å². The number of carboxylic acids is 1. The third-order valence-corrected chi connectivity index (χ3v) is 3.43. The number of hydrogen-bond acceptors (Lipinski definition) is 2. The van der Waals surface area contributed by atoms with Crippen LogP contribution >= 0.6 is 0 Å². The highest BCUT2D eigenvalue weighted by Gasteiger charge is 2.18. The summed E-state index contributed by atoms with van der Waals surface area (Å²) in [6.45, 7) is 8.50. The molecule has 4 nitrogen and oxygen atoms in total. The number of carboxylic acid groups (broad SMARTS) is 1. The molecule has 0 aliphatic heterocycles. The van der Waals surface area contributed by atoms with Crippen LogP contribution < -0.4 is 0 Å². The molecule has 0 spiro atoms. The van der Waals surface area contributed by atoms with E-state index in [1.165, 1.54) is 5.56 Å². The average molecular weight is 272 g/mol. The molecule has 106 valence electrons.